The average molecular weight is 522 g/mol. The maximum atomic E-state index is 13.6. The predicted octanol–water partition coefficient (Wildman–Crippen LogP) is 2.85. The Morgan fingerprint density at radius 3 is 2.65 bits per heavy atom. The molecule has 4 aromatic rings. The summed E-state index contributed by atoms with van der Waals surface area (Å²) in [4.78, 5) is 34.0. The highest BCUT2D eigenvalue weighted by Crippen LogP contribution is 2.45. The molecule has 6 N–H and O–H groups in total. The molecule has 1 aliphatic heterocycles. The molecule has 3 heterocycles. The van der Waals surface area contributed by atoms with E-state index in [9.17, 15) is 19.1 Å². The number of hydrogen-bond donors (Lipinski definition) is 4. The fourth-order valence-corrected chi connectivity index (χ4v) is 4.97. The fraction of sp³-hybridized carbons (Fsp3) is 0.231. The molecular formula is C26H24FN5O4S. The summed E-state index contributed by atoms with van der Waals surface area (Å²) in [5, 5.41) is 14.5. The van der Waals surface area contributed by atoms with Crippen LogP contribution in [0, 0.1) is 5.82 Å². The summed E-state index contributed by atoms with van der Waals surface area (Å²) < 4.78 is 20.2. The van der Waals surface area contributed by atoms with Crippen LogP contribution in [0.4, 0.5) is 9.52 Å². The van der Waals surface area contributed by atoms with Crippen molar-refractivity contribution in [2.45, 2.75) is 24.9 Å². The van der Waals surface area contributed by atoms with Crippen molar-refractivity contribution in [1.82, 2.24) is 15.3 Å². The van der Waals surface area contributed by atoms with Gasteiger partial charge < -0.3 is 26.6 Å². The lowest BCUT2D eigenvalue weighted by Gasteiger charge is -2.26. The number of fused-ring (bicyclic) bond motifs is 2. The van der Waals surface area contributed by atoms with Crippen LogP contribution in [0.1, 0.15) is 35.5 Å². The molecule has 5 rings (SSSR count). The third kappa shape index (κ3) is 4.36. The number of amides is 2. The maximum absolute atomic E-state index is 13.6. The van der Waals surface area contributed by atoms with E-state index in [0.29, 0.717) is 38.8 Å². The van der Waals surface area contributed by atoms with Gasteiger partial charge in [-0.05, 0) is 62.4 Å². The first-order valence-electron chi connectivity index (χ1n) is 11.4. The van der Waals surface area contributed by atoms with Crippen molar-refractivity contribution in [2.24, 2.45) is 5.73 Å². The number of aromatic nitrogens is 2. The van der Waals surface area contributed by atoms with Gasteiger partial charge in [-0.25, -0.2) is 14.4 Å². The van der Waals surface area contributed by atoms with E-state index in [4.69, 9.17) is 16.2 Å². The van der Waals surface area contributed by atoms with Crippen molar-refractivity contribution in [3.8, 4) is 17.0 Å². The third-order valence-corrected chi connectivity index (χ3v) is 7.39. The third-order valence-electron chi connectivity index (χ3n) is 6.55. The quantitative estimate of drug-likeness (QED) is 0.304. The highest BCUT2D eigenvalue weighted by atomic mass is 32.1. The van der Waals surface area contributed by atoms with E-state index in [1.807, 2.05) is 0 Å². The van der Waals surface area contributed by atoms with Crippen molar-refractivity contribution in [3.05, 3.63) is 71.2 Å². The molecule has 0 spiro atoms. The van der Waals surface area contributed by atoms with Gasteiger partial charge in [-0.1, -0.05) is 11.3 Å². The molecule has 0 aliphatic carbocycles. The lowest BCUT2D eigenvalue weighted by atomic mass is 9.82. The van der Waals surface area contributed by atoms with E-state index in [1.54, 1.807) is 31.2 Å². The van der Waals surface area contributed by atoms with E-state index in [1.165, 1.54) is 42.5 Å². The predicted molar refractivity (Wildman–Crippen MR) is 138 cm³/mol. The first-order chi connectivity index (χ1) is 17.5. The van der Waals surface area contributed by atoms with Crippen LogP contribution in [0.15, 0.2) is 48.5 Å². The largest absolute Gasteiger partial charge is 0.489 e. The van der Waals surface area contributed by atoms with E-state index in [0.717, 1.165) is 4.70 Å². The first-order valence-corrected chi connectivity index (χ1v) is 12.2. The maximum Gasteiger partial charge on any atom is 0.251 e. The Labute approximate surface area is 215 Å². The zero-order chi connectivity index (χ0) is 26.5. The normalized spacial score (nSPS) is 18.2. The molecule has 2 aromatic heterocycles. The Bertz CT molecular complexity index is 1550. The smallest absolute Gasteiger partial charge is 0.251 e. The summed E-state index contributed by atoms with van der Waals surface area (Å²) in [6.45, 7) is 2.97. The van der Waals surface area contributed by atoms with Gasteiger partial charge in [0.05, 0.1) is 22.5 Å². The van der Waals surface area contributed by atoms with E-state index < -0.39 is 28.6 Å². The van der Waals surface area contributed by atoms with Crippen LogP contribution in [0.3, 0.4) is 0 Å². The summed E-state index contributed by atoms with van der Waals surface area (Å²) >= 11 is 1.27. The van der Waals surface area contributed by atoms with Crippen LogP contribution in [0.2, 0.25) is 0 Å². The van der Waals surface area contributed by atoms with Gasteiger partial charge in [0.1, 0.15) is 34.9 Å². The number of ether oxygens (including phenoxy) is 1. The first kappa shape index (κ1) is 24.6. The Morgan fingerprint density at radius 1 is 1.22 bits per heavy atom. The molecule has 2 atom stereocenters. The number of carbonyl (C=O) groups excluding carboxylic acids is 2. The lowest BCUT2D eigenvalue weighted by molar-refractivity contribution is -0.123. The zero-order valence-electron chi connectivity index (χ0n) is 20.0. The molecule has 1 aliphatic rings. The van der Waals surface area contributed by atoms with Crippen LogP contribution in [-0.2, 0) is 15.8 Å². The molecule has 37 heavy (non-hydrogen) atoms. The number of nitrogen functional groups attached to an aromatic ring is 1. The van der Waals surface area contributed by atoms with Crippen LogP contribution < -0.4 is 21.5 Å². The number of pyridine rings is 1. The minimum Gasteiger partial charge on any atom is -0.489 e. The molecule has 0 bridgehead atoms. The van der Waals surface area contributed by atoms with Gasteiger partial charge in [-0.3, -0.25) is 9.59 Å². The van der Waals surface area contributed by atoms with Crippen LogP contribution >= 0.6 is 11.3 Å². The molecule has 0 unspecified atom stereocenters. The molecular weight excluding hydrogens is 497 g/mol. The molecule has 11 heteroatoms. The molecule has 0 fully saturated rings. The van der Waals surface area contributed by atoms with Crippen LogP contribution in [0.25, 0.3) is 21.5 Å². The Balaban J connectivity index is 1.49. The number of rotatable bonds is 6. The van der Waals surface area contributed by atoms with E-state index in [-0.39, 0.29) is 18.8 Å². The van der Waals surface area contributed by atoms with E-state index >= 15 is 0 Å². The van der Waals surface area contributed by atoms with Crippen molar-refractivity contribution in [3.63, 3.8) is 0 Å². The van der Waals surface area contributed by atoms with Gasteiger partial charge >= 0.3 is 0 Å². The standard InChI is InChI=1S/C26H24FN5O4S/c1-25(23(28)34)12-36-21-16(25)10-19(32-20(21)13-3-6-15(27)7-4-13)26(2,35)11-30-22(33)14-5-8-17-18(9-14)37-24(29)31-17/h3-10,35H,11-12H2,1-2H3,(H2,28,34)(H2,29,31)(H,30,33)/t25-,26-/m0/s1. The number of halogens is 1. The highest BCUT2D eigenvalue weighted by Gasteiger charge is 2.45. The fourth-order valence-electron chi connectivity index (χ4n) is 4.20. The number of nitrogens with two attached hydrogens (primary N) is 2. The summed E-state index contributed by atoms with van der Waals surface area (Å²) in [5.41, 5.74) is 11.2. The van der Waals surface area contributed by atoms with Crippen LogP contribution in [-0.4, -0.2) is 40.0 Å². The molecule has 2 aromatic carbocycles. The molecule has 0 saturated carbocycles. The second-order valence-electron chi connectivity index (χ2n) is 9.42. The summed E-state index contributed by atoms with van der Waals surface area (Å²) in [6, 6.07) is 12.2. The van der Waals surface area contributed by atoms with Gasteiger partial charge in [-0.15, -0.1) is 0 Å². The second-order valence-corrected chi connectivity index (χ2v) is 10.5. The topological polar surface area (TPSA) is 153 Å². The second kappa shape index (κ2) is 8.79. The summed E-state index contributed by atoms with van der Waals surface area (Å²) in [7, 11) is 0. The Hall–Kier alpha value is -4.09. The number of nitrogens with zero attached hydrogens (tertiary/aromatic N) is 2. The number of hydrogen-bond acceptors (Lipinski definition) is 8. The molecule has 0 saturated heterocycles. The minimum absolute atomic E-state index is 0.000439. The molecule has 2 amide bonds. The number of anilines is 1. The number of nitrogens with one attached hydrogen (secondary N) is 1. The van der Waals surface area contributed by atoms with Gasteiger partial charge in [-0.2, -0.15) is 0 Å². The van der Waals surface area contributed by atoms with Gasteiger partial charge in [0.15, 0.2) is 5.13 Å². The number of benzene rings is 2. The van der Waals surface area contributed by atoms with Gasteiger partial charge in [0.2, 0.25) is 5.91 Å². The highest BCUT2D eigenvalue weighted by molar-refractivity contribution is 7.22. The summed E-state index contributed by atoms with van der Waals surface area (Å²) in [6.07, 6.45) is 0. The number of primary amides is 1. The van der Waals surface area contributed by atoms with Crippen molar-refractivity contribution in [2.75, 3.05) is 18.9 Å². The van der Waals surface area contributed by atoms with Crippen LogP contribution in [0.5, 0.6) is 5.75 Å². The number of aliphatic hydroxyl groups is 1. The average Bonchev–Trinajstić information content (AvgIpc) is 3.41. The van der Waals surface area contributed by atoms with Gasteiger partial charge in [0, 0.05) is 16.7 Å². The Kier molecular flexibility index (Phi) is 5.84. The van der Waals surface area contributed by atoms with Gasteiger partial charge in [0.25, 0.3) is 5.91 Å². The SMILES string of the molecule is C[C@](O)(CNC(=O)c1ccc2nc(N)sc2c1)c1cc2c(c(-c3ccc(F)cc3)n1)OC[C@]2(C)C(N)=O. The monoisotopic (exact) mass is 521 g/mol. The van der Waals surface area contributed by atoms with E-state index in [2.05, 4.69) is 15.3 Å². The van der Waals surface area contributed by atoms with Crippen molar-refractivity contribution in [1.29, 1.82) is 0 Å². The van der Waals surface area contributed by atoms with Crippen molar-refractivity contribution < 1.29 is 23.8 Å². The number of thiazole rings is 1. The summed E-state index contributed by atoms with van der Waals surface area (Å²) in [5.74, 6) is -1.08. The lowest BCUT2D eigenvalue weighted by Crippen LogP contribution is -2.41. The molecule has 9 nitrogen and oxygen atoms in total. The molecule has 0 radical (unpaired) electrons. The van der Waals surface area contributed by atoms with Crippen molar-refractivity contribution >= 4 is 38.5 Å². The zero-order valence-corrected chi connectivity index (χ0v) is 20.9. The number of carbonyl (C=O) groups is 2. The molecule has 190 valence electrons. The minimum atomic E-state index is -1.64. The Morgan fingerprint density at radius 2 is 1.95 bits per heavy atom.